The molecule has 5 heteroatoms. The number of para-hydroxylation sites is 1. The first-order chi connectivity index (χ1) is 12.7. The van der Waals surface area contributed by atoms with Gasteiger partial charge < -0.3 is 9.88 Å². The molecular formula is C21H17ClN2OS. The summed E-state index contributed by atoms with van der Waals surface area (Å²) < 4.78 is 0. The average Bonchev–Trinajstić information content (AvgIpc) is 3.33. The molecule has 0 radical (unpaired) electrons. The number of hydrogen-bond acceptors (Lipinski definition) is 2. The van der Waals surface area contributed by atoms with Gasteiger partial charge in [0.1, 0.15) is 0 Å². The molecule has 130 valence electrons. The third-order valence-electron chi connectivity index (χ3n) is 4.54. The minimum absolute atomic E-state index is 0.0979. The first-order valence-corrected chi connectivity index (χ1v) is 9.53. The van der Waals surface area contributed by atoms with Crippen molar-refractivity contribution in [3.63, 3.8) is 0 Å². The fraction of sp³-hybridized carbons (Fsp3) is 0.0952. The van der Waals surface area contributed by atoms with Crippen molar-refractivity contribution in [2.24, 2.45) is 0 Å². The predicted molar refractivity (Wildman–Crippen MR) is 108 cm³/mol. The Labute approximate surface area is 160 Å². The quantitative estimate of drug-likeness (QED) is 0.481. The van der Waals surface area contributed by atoms with Crippen LogP contribution in [0.2, 0.25) is 5.02 Å². The van der Waals surface area contributed by atoms with Crippen LogP contribution >= 0.6 is 22.9 Å². The Morgan fingerprint density at radius 3 is 2.62 bits per heavy atom. The second kappa shape index (κ2) is 6.98. The first-order valence-electron chi connectivity index (χ1n) is 8.28. The lowest BCUT2D eigenvalue weighted by Crippen LogP contribution is -2.31. The molecule has 4 aromatic rings. The van der Waals surface area contributed by atoms with Crippen molar-refractivity contribution in [1.82, 2.24) is 9.88 Å². The van der Waals surface area contributed by atoms with Crippen LogP contribution in [0.1, 0.15) is 26.8 Å². The van der Waals surface area contributed by atoms with Crippen molar-refractivity contribution in [2.45, 2.75) is 6.04 Å². The third kappa shape index (κ3) is 2.91. The molecule has 0 aliphatic carbocycles. The Morgan fingerprint density at radius 1 is 1.08 bits per heavy atom. The van der Waals surface area contributed by atoms with Gasteiger partial charge in [-0.15, -0.1) is 11.3 Å². The number of H-pyrrole nitrogens is 1. The van der Waals surface area contributed by atoms with Crippen molar-refractivity contribution >= 4 is 39.7 Å². The highest BCUT2D eigenvalue weighted by atomic mass is 35.5. The van der Waals surface area contributed by atoms with Gasteiger partial charge in [-0.25, -0.2) is 0 Å². The summed E-state index contributed by atoms with van der Waals surface area (Å²) in [7, 11) is 1.83. The van der Waals surface area contributed by atoms with Crippen LogP contribution in [0.15, 0.2) is 72.2 Å². The summed E-state index contributed by atoms with van der Waals surface area (Å²) >= 11 is 7.90. The molecule has 0 saturated carbocycles. The summed E-state index contributed by atoms with van der Waals surface area (Å²) in [4.78, 5) is 19.4. The minimum atomic E-state index is -0.185. The van der Waals surface area contributed by atoms with Crippen molar-refractivity contribution < 1.29 is 4.79 Å². The maximum absolute atomic E-state index is 13.2. The van der Waals surface area contributed by atoms with E-state index in [0.717, 1.165) is 21.3 Å². The zero-order valence-electron chi connectivity index (χ0n) is 14.1. The lowest BCUT2D eigenvalue weighted by atomic mass is 10.0. The Morgan fingerprint density at radius 2 is 1.85 bits per heavy atom. The maximum Gasteiger partial charge on any atom is 0.255 e. The first kappa shape index (κ1) is 16.9. The molecule has 2 heterocycles. The second-order valence-corrected chi connectivity index (χ2v) is 7.49. The molecule has 0 bridgehead atoms. The molecule has 0 spiro atoms. The minimum Gasteiger partial charge on any atom is -0.361 e. The molecule has 2 aromatic heterocycles. The van der Waals surface area contributed by atoms with E-state index in [9.17, 15) is 4.79 Å². The van der Waals surface area contributed by atoms with Gasteiger partial charge in [0.15, 0.2) is 0 Å². The smallest absolute Gasteiger partial charge is 0.255 e. The molecule has 0 aliphatic rings. The van der Waals surface area contributed by atoms with Gasteiger partial charge in [-0.3, -0.25) is 4.79 Å². The molecule has 1 N–H and O–H groups in total. The number of carbonyl (C=O) groups is 1. The number of rotatable bonds is 4. The number of carbonyl (C=O) groups excluding carboxylic acids is 1. The Hall–Kier alpha value is -2.56. The number of aromatic nitrogens is 1. The molecule has 1 atom stereocenters. The van der Waals surface area contributed by atoms with E-state index < -0.39 is 0 Å². The van der Waals surface area contributed by atoms with Crippen LogP contribution < -0.4 is 0 Å². The molecule has 3 nitrogen and oxygen atoms in total. The van der Waals surface area contributed by atoms with Crippen molar-refractivity contribution in [2.75, 3.05) is 7.05 Å². The highest BCUT2D eigenvalue weighted by Crippen LogP contribution is 2.36. The Bertz CT molecular complexity index is 1050. The molecule has 2 aromatic carbocycles. The van der Waals surface area contributed by atoms with Crippen LogP contribution in [0.4, 0.5) is 0 Å². The van der Waals surface area contributed by atoms with Gasteiger partial charge in [0.25, 0.3) is 5.91 Å². The number of nitrogens with zero attached hydrogens (tertiary/aromatic N) is 1. The number of hydrogen-bond donors (Lipinski definition) is 1. The average molecular weight is 381 g/mol. The lowest BCUT2D eigenvalue weighted by Gasteiger charge is -2.28. The van der Waals surface area contributed by atoms with Gasteiger partial charge >= 0.3 is 0 Å². The van der Waals surface area contributed by atoms with Crippen molar-refractivity contribution in [3.8, 4) is 0 Å². The predicted octanol–water partition coefficient (Wildman–Crippen LogP) is 5.74. The molecule has 0 aliphatic heterocycles. The number of nitrogens with one attached hydrogen (secondary N) is 1. The van der Waals surface area contributed by atoms with Crippen LogP contribution in [0, 0.1) is 0 Å². The largest absolute Gasteiger partial charge is 0.361 e. The molecule has 26 heavy (non-hydrogen) atoms. The Balaban J connectivity index is 1.82. The van der Waals surface area contributed by atoms with Crippen LogP contribution in [0.25, 0.3) is 10.9 Å². The number of thiophene rings is 1. The van der Waals surface area contributed by atoms with E-state index in [2.05, 4.69) is 17.1 Å². The van der Waals surface area contributed by atoms with E-state index >= 15 is 0 Å². The second-order valence-electron chi connectivity index (χ2n) is 6.10. The van der Waals surface area contributed by atoms with E-state index in [1.165, 1.54) is 0 Å². The van der Waals surface area contributed by atoms with E-state index in [4.69, 9.17) is 11.6 Å². The SMILES string of the molecule is CN(C(=O)c1ccccc1Cl)[C@@H](c1cccs1)c1c[nH]c2ccccc12. The summed E-state index contributed by atoms with van der Waals surface area (Å²) in [5.74, 6) is -0.0979. The fourth-order valence-electron chi connectivity index (χ4n) is 3.26. The van der Waals surface area contributed by atoms with Gasteiger partial charge in [-0.1, -0.05) is 48.0 Å². The van der Waals surface area contributed by atoms with Gasteiger partial charge in [0, 0.05) is 34.6 Å². The van der Waals surface area contributed by atoms with Crippen LogP contribution in [0.5, 0.6) is 0 Å². The monoisotopic (exact) mass is 380 g/mol. The zero-order valence-corrected chi connectivity index (χ0v) is 15.7. The van der Waals surface area contributed by atoms with Crippen LogP contribution in [-0.2, 0) is 0 Å². The highest BCUT2D eigenvalue weighted by molar-refractivity contribution is 7.10. The van der Waals surface area contributed by atoms with E-state index in [0.29, 0.717) is 10.6 Å². The molecule has 1 amide bonds. The normalized spacial score (nSPS) is 12.2. The zero-order chi connectivity index (χ0) is 18.1. The molecule has 0 unspecified atom stereocenters. The van der Waals surface area contributed by atoms with Crippen LogP contribution in [0.3, 0.4) is 0 Å². The molecule has 0 fully saturated rings. The van der Waals surface area contributed by atoms with Crippen molar-refractivity contribution in [1.29, 1.82) is 0 Å². The summed E-state index contributed by atoms with van der Waals surface area (Å²) in [6.45, 7) is 0. The summed E-state index contributed by atoms with van der Waals surface area (Å²) in [5.41, 5.74) is 2.65. The van der Waals surface area contributed by atoms with Gasteiger partial charge in [0.05, 0.1) is 16.6 Å². The highest BCUT2D eigenvalue weighted by Gasteiger charge is 2.28. The maximum atomic E-state index is 13.2. The van der Waals surface area contributed by atoms with Crippen molar-refractivity contribution in [3.05, 3.63) is 93.3 Å². The number of fused-ring (bicyclic) bond motifs is 1. The number of aromatic amines is 1. The number of amides is 1. The Kier molecular flexibility index (Phi) is 4.53. The number of benzene rings is 2. The third-order valence-corrected chi connectivity index (χ3v) is 5.79. The number of halogens is 1. The van der Waals surface area contributed by atoms with Gasteiger partial charge in [-0.2, -0.15) is 0 Å². The lowest BCUT2D eigenvalue weighted by molar-refractivity contribution is 0.0758. The van der Waals surface area contributed by atoms with Crippen LogP contribution in [-0.4, -0.2) is 22.8 Å². The van der Waals surface area contributed by atoms with E-state index in [1.807, 2.05) is 55.0 Å². The van der Waals surface area contributed by atoms with E-state index in [-0.39, 0.29) is 11.9 Å². The molecule has 0 saturated heterocycles. The molecule has 4 rings (SSSR count). The fourth-order valence-corrected chi connectivity index (χ4v) is 4.36. The van der Waals surface area contributed by atoms with Gasteiger partial charge in [-0.05, 0) is 29.6 Å². The topological polar surface area (TPSA) is 36.1 Å². The summed E-state index contributed by atoms with van der Waals surface area (Å²) in [6.07, 6.45) is 1.99. The standard InChI is InChI=1S/C21H17ClN2OS/c1-24(21(25)15-8-2-4-9-17(15)22)20(19-11-6-12-26-19)16-13-23-18-10-5-3-7-14(16)18/h2-13,20,23H,1H3/t20-/m1/s1. The van der Waals surface area contributed by atoms with E-state index in [1.54, 1.807) is 28.4 Å². The molecular weight excluding hydrogens is 364 g/mol. The summed E-state index contributed by atoms with van der Waals surface area (Å²) in [5, 5.41) is 3.61. The van der Waals surface area contributed by atoms with Gasteiger partial charge in [0.2, 0.25) is 0 Å². The summed E-state index contributed by atoms with van der Waals surface area (Å²) in [6, 6.07) is 19.2.